The van der Waals surface area contributed by atoms with Crippen LogP contribution in [-0.4, -0.2) is 12.6 Å². The van der Waals surface area contributed by atoms with E-state index in [0.29, 0.717) is 18.1 Å². The van der Waals surface area contributed by atoms with Gasteiger partial charge in [-0.2, -0.15) is 0 Å². The lowest BCUT2D eigenvalue weighted by Gasteiger charge is -2.26. The van der Waals surface area contributed by atoms with Crippen LogP contribution in [0.5, 0.6) is 0 Å². The summed E-state index contributed by atoms with van der Waals surface area (Å²) in [4.78, 5) is 11.1. The van der Waals surface area contributed by atoms with Crippen molar-refractivity contribution in [3.8, 4) is 0 Å². The molecule has 0 aliphatic heterocycles. The fourth-order valence-corrected chi connectivity index (χ4v) is 0.885. The highest BCUT2D eigenvalue weighted by Gasteiger charge is 2.19. The van der Waals surface area contributed by atoms with Crippen LogP contribution in [0.2, 0.25) is 0 Å². The van der Waals surface area contributed by atoms with Crippen LogP contribution in [0, 0.1) is 11.3 Å². The first-order valence-corrected chi connectivity index (χ1v) is 5.07. The zero-order valence-corrected chi connectivity index (χ0v) is 10.0. The van der Waals surface area contributed by atoms with E-state index in [1.54, 1.807) is 6.92 Å². The molecule has 1 unspecified atom stereocenters. The Morgan fingerprint density at radius 2 is 1.93 bits per heavy atom. The molecule has 0 aromatic carbocycles. The standard InChI is InChI=1S/C12H22O2/c1-9(2)11(13)14-8-7-10(3)12(4,5)6/h10H,1,7-8H2,2-6H3. The van der Waals surface area contributed by atoms with Crippen molar-refractivity contribution in [2.75, 3.05) is 6.61 Å². The minimum atomic E-state index is -0.286. The third-order valence-electron chi connectivity index (χ3n) is 2.61. The lowest BCUT2D eigenvalue weighted by molar-refractivity contribution is -0.139. The number of esters is 1. The monoisotopic (exact) mass is 198 g/mol. The maximum absolute atomic E-state index is 11.1. The average Bonchev–Trinajstić information content (AvgIpc) is 2.01. The van der Waals surface area contributed by atoms with Gasteiger partial charge >= 0.3 is 5.97 Å². The molecule has 0 fully saturated rings. The van der Waals surface area contributed by atoms with Gasteiger partial charge in [0.15, 0.2) is 0 Å². The van der Waals surface area contributed by atoms with Crippen molar-refractivity contribution >= 4 is 5.97 Å². The predicted octanol–water partition coefficient (Wildman–Crippen LogP) is 3.18. The molecule has 2 heteroatoms. The van der Waals surface area contributed by atoms with E-state index in [4.69, 9.17) is 4.74 Å². The van der Waals surface area contributed by atoms with E-state index in [1.165, 1.54) is 0 Å². The van der Waals surface area contributed by atoms with Crippen molar-refractivity contribution in [2.45, 2.75) is 41.0 Å². The average molecular weight is 198 g/mol. The van der Waals surface area contributed by atoms with Gasteiger partial charge in [-0.3, -0.25) is 0 Å². The minimum Gasteiger partial charge on any atom is -0.462 e. The minimum absolute atomic E-state index is 0.273. The summed E-state index contributed by atoms with van der Waals surface area (Å²) in [5, 5.41) is 0. The zero-order chi connectivity index (χ0) is 11.4. The molecule has 0 heterocycles. The Balaban J connectivity index is 3.76. The molecule has 0 saturated carbocycles. The summed E-state index contributed by atoms with van der Waals surface area (Å²) in [5.41, 5.74) is 0.740. The molecule has 0 rings (SSSR count). The van der Waals surface area contributed by atoms with Crippen molar-refractivity contribution in [3.05, 3.63) is 12.2 Å². The van der Waals surface area contributed by atoms with Gasteiger partial charge in [-0.25, -0.2) is 4.79 Å². The van der Waals surface area contributed by atoms with Crippen molar-refractivity contribution < 1.29 is 9.53 Å². The van der Waals surface area contributed by atoms with Gasteiger partial charge in [0.05, 0.1) is 6.61 Å². The molecule has 14 heavy (non-hydrogen) atoms. The number of carbonyl (C=O) groups excluding carboxylic acids is 1. The molecule has 82 valence electrons. The quantitative estimate of drug-likeness (QED) is 0.512. The van der Waals surface area contributed by atoms with E-state index in [9.17, 15) is 4.79 Å². The Hall–Kier alpha value is -0.790. The number of rotatable bonds is 4. The molecule has 1 atom stereocenters. The number of hydrogen-bond donors (Lipinski definition) is 0. The van der Waals surface area contributed by atoms with Gasteiger partial charge in [-0.05, 0) is 24.7 Å². The van der Waals surface area contributed by atoms with Crippen molar-refractivity contribution in [1.29, 1.82) is 0 Å². The largest absolute Gasteiger partial charge is 0.462 e. The molecule has 0 aliphatic carbocycles. The van der Waals surface area contributed by atoms with Gasteiger partial charge in [0.1, 0.15) is 0 Å². The van der Waals surface area contributed by atoms with E-state index in [1.807, 2.05) is 0 Å². The molecular weight excluding hydrogens is 176 g/mol. The second-order valence-electron chi connectivity index (χ2n) is 4.97. The summed E-state index contributed by atoms with van der Waals surface area (Å²) in [6, 6.07) is 0. The van der Waals surface area contributed by atoms with Gasteiger partial charge < -0.3 is 4.74 Å². The molecule has 0 N–H and O–H groups in total. The topological polar surface area (TPSA) is 26.3 Å². The van der Waals surface area contributed by atoms with Crippen molar-refractivity contribution in [3.63, 3.8) is 0 Å². The first-order chi connectivity index (χ1) is 6.25. The summed E-state index contributed by atoms with van der Waals surface area (Å²) < 4.78 is 5.03. The molecule has 0 radical (unpaired) electrons. The summed E-state index contributed by atoms with van der Waals surface area (Å²) in [5.74, 6) is 0.256. The van der Waals surface area contributed by atoms with Crippen LogP contribution < -0.4 is 0 Å². The molecule has 0 bridgehead atoms. The molecule has 0 aromatic heterocycles. The van der Waals surface area contributed by atoms with Crippen molar-refractivity contribution in [2.24, 2.45) is 11.3 Å². The van der Waals surface area contributed by atoms with Gasteiger partial charge in [0.25, 0.3) is 0 Å². The van der Waals surface area contributed by atoms with E-state index < -0.39 is 0 Å². The van der Waals surface area contributed by atoms with Gasteiger partial charge in [-0.15, -0.1) is 0 Å². The zero-order valence-electron chi connectivity index (χ0n) is 10.0. The lowest BCUT2D eigenvalue weighted by atomic mass is 9.80. The molecule has 0 aliphatic rings. The van der Waals surface area contributed by atoms with Crippen LogP contribution in [0.4, 0.5) is 0 Å². The van der Waals surface area contributed by atoms with Crippen LogP contribution in [0.25, 0.3) is 0 Å². The fourth-order valence-electron chi connectivity index (χ4n) is 0.885. The van der Waals surface area contributed by atoms with Crippen molar-refractivity contribution in [1.82, 2.24) is 0 Å². The van der Waals surface area contributed by atoms with Crippen LogP contribution >= 0.6 is 0 Å². The Labute approximate surface area is 87.3 Å². The molecule has 0 saturated heterocycles. The highest BCUT2D eigenvalue weighted by atomic mass is 16.5. The first-order valence-electron chi connectivity index (χ1n) is 5.07. The number of ether oxygens (including phenoxy) is 1. The molecule has 0 aromatic rings. The van der Waals surface area contributed by atoms with E-state index >= 15 is 0 Å². The van der Waals surface area contributed by atoms with E-state index in [-0.39, 0.29) is 11.4 Å². The normalized spacial score (nSPS) is 13.5. The smallest absolute Gasteiger partial charge is 0.333 e. The third-order valence-corrected chi connectivity index (χ3v) is 2.61. The number of carbonyl (C=O) groups is 1. The summed E-state index contributed by atoms with van der Waals surface area (Å²) >= 11 is 0. The molecule has 0 amide bonds. The van der Waals surface area contributed by atoms with Crippen LogP contribution in [0.15, 0.2) is 12.2 Å². The second-order valence-corrected chi connectivity index (χ2v) is 4.97. The van der Waals surface area contributed by atoms with Crippen LogP contribution in [-0.2, 0) is 9.53 Å². The highest BCUT2D eigenvalue weighted by Crippen LogP contribution is 2.27. The first kappa shape index (κ1) is 13.2. The lowest BCUT2D eigenvalue weighted by Crippen LogP contribution is -2.19. The Morgan fingerprint density at radius 3 is 2.29 bits per heavy atom. The van der Waals surface area contributed by atoms with Crippen LogP contribution in [0.1, 0.15) is 41.0 Å². The highest BCUT2D eigenvalue weighted by molar-refractivity contribution is 5.86. The third kappa shape index (κ3) is 5.05. The molecule has 2 nitrogen and oxygen atoms in total. The summed E-state index contributed by atoms with van der Waals surface area (Å²) in [6.45, 7) is 14.4. The molecule has 0 spiro atoms. The SMILES string of the molecule is C=C(C)C(=O)OCCC(C)C(C)(C)C. The Kier molecular flexibility index (Phi) is 4.89. The summed E-state index contributed by atoms with van der Waals surface area (Å²) in [7, 11) is 0. The summed E-state index contributed by atoms with van der Waals surface area (Å²) in [6.07, 6.45) is 0.905. The Bertz CT molecular complexity index is 211. The predicted molar refractivity (Wildman–Crippen MR) is 59.0 cm³/mol. The second kappa shape index (κ2) is 5.18. The van der Waals surface area contributed by atoms with Gasteiger partial charge in [0, 0.05) is 5.57 Å². The fraction of sp³-hybridized carbons (Fsp3) is 0.750. The van der Waals surface area contributed by atoms with E-state index in [0.717, 1.165) is 6.42 Å². The maximum atomic E-state index is 11.1. The van der Waals surface area contributed by atoms with E-state index in [2.05, 4.69) is 34.3 Å². The molecular formula is C12H22O2. The Morgan fingerprint density at radius 1 is 1.43 bits per heavy atom. The van der Waals surface area contributed by atoms with Gasteiger partial charge in [-0.1, -0.05) is 34.3 Å². The maximum Gasteiger partial charge on any atom is 0.333 e. The van der Waals surface area contributed by atoms with Crippen LogP contribution in [0.3, 0.4) is 0 Å². The van der Waals surface area contributed by atoms with Gasteiger partial charge in [0.2, 0.25) is 0 Å². The number of hydrogen-bond acceptors (Lipinski definition) is 2.